The van der Waals surface area contributed by atoms with Crippen LogP contribution in [0.1, 0.15) is 19.8 Å². The average molecular weight is 216 g/mol. The van der Waals surface area contributed by atoms with Gasteiger partial charge in [-0.3, -0.25) is 9.59 Å². The SMILES string of the molecule is CSC(=O)NC1CCN(C(C)=O)CC1. The fourth-order valence-corrected chi connectivity index (χ4v) is 1.85. The number of amides is 2. The van der Waals surface area contributed by atoms with Crippen molar-refractivity contribution in [3.05, 3.63) is 0 Å². The maximum Gasteiger partial charge on any atom is 0.278 e. The number of hydrogen-bond donors (Lipinski definition) is 1. The Morgan fingerprint density at radius 3 is 2.36 bits per heavy atom. The molecule has 5 heteroatoms. The van der Waals surface area contributed by atoms with E-state index in [4.69, 9.17) is 0 Å². The number of carbonyl (C=O) groups is 2. The second-order valence-corrected chi connectivity index (χ2v) is 4.20. The lowest BCUT2D eigenvalue weighted by atomic mass is 10.1. The fourth-order valence-electron chi connectivity index (χ4n) is 1.56. The van der Waals surface area contributed by atoms with Crippen LogP contribution >= 0.6 is 11.8 Å². The first kappa shape index (κ1) is 11.4. The standard InChI is InChI=1S/C9H16N2O2S/c1-7(12)11-5-3-8(4-6-11)10-9(13)14-2/h8H,3-6H2,1-2H3,(H,10,13). The van der Waals surface area contributed by atoms with Crippen molar-refractivity contribution in [3.8, 4) is 0 Å². The first-order chi connectivity index (χ1) is 6.63. The molecule has 1 fully saturated rings. The van der Waals surface area contributed by atoms with Gasteiger partial charge >= 0.3 is 0 Å². The second kappa shape index (κ2) is 5.24. The van der Waals surface area contributed by atoms with Gasteiger partial charge in [0.05, 0.1) is 0 Å². The zero-order valence-electron chi connectivity index (χ0n) is 8.58. The largest absolute Gasteiger partial charge is 0.344 e. The van der Waals surface area contributed by atoms with Gasteiger partial charge in [0.1, 0.15) is 0 Å². The zero-order valence-corrected chi connectivity index (χ0v) is 9.39. The first-order valence-corrected chi connectivity index (χ1v) is 5.96. The molecule has 1 heterocycles. The van der Waals surface area contributed by atoms with Gasteiger partial charge in [-0.1, -0.05) is 11.8 Å². The molecule has 0 aromatic carbocycles. The molecular weight excluding hydrogens is 200 g/mol. The summed E-state index contributed by atoms with van der Waals surface area (Å²) < 4.78 is 0. The van der Waals surface area contributed by atoms with Gasteiger partial charge in [-0.2, -0.15) is 0 Å². The normalized spacial score (nSPS) is 18.0. The maximum absolute atomic E-state index is 11.1. The van der Waals surface area contributed by atoms with Crippen molar-refractivity contribution in [3.63, 3.8) is 0 Å². The Morgan fingerprint density at radius 2 is 1.93 bits per heavy atom. The van der Waals surface area contributed by atoms with Crippen LogP contribution in [0.25, 0.3) is 0 Å². The minimum Gasteiger partial charge on any atom is -0.344 e. The lowest BCUT2D eigenvalue weighted by Crippen LogP contribution is -2.45. The van der Waals surface area contributed by atoms with E-state index in [1.54, 1.807) is 13.2 Å². The molecule has 1 rings (SSSR count). The Morgan fingerprint density at radius 1 is 1.36 bits per heavy atom. The molecule has 0 radical (unpaired) electrons. The molecule has 1 aliphatic rings. The number of nitrogens with zero attached hydrogens (tertiary/aromatic N) is 1. The van der Waals surface area contributed by atoms with E-state index in [0.717, 1.165) is 25.9 Å². The number of hydrogen-bond acceptors (Lipinski definition) is 3. The third-order valence-electron chi connectivity index (χ3n) is 2.45. The zero-order chi connectivity index (χ0) is 10.6. The van der Waals surface area contributed by atoms with E-state index in [0.29, 0.717) is 0 Å². The summed E-state index contributed by atoms with van der Waals surface area (Å²) in [6.07, 6.45) is 3.50. The highest BCUT2D eigenvalue weighted by Crippen LogP contribution is 2.11. The summed E-state index contributed by atoms with van der Waals surface area (Å²) in [6.45, 7) is 3.10. The van der Waals surface area contributed by atoms with Crippen LogP contribution < -0.4 is 5.32 Å². The molecule has 14 heavy (non-hydrogen) atoms. The first-order valence-electron chi connectivity index (χ1n) is 4.73. The highest BCUT2D eigenvalue weighted by molar-refractivity contribution is 8.12. The Bertz CT molecular complexity index is 225. The van der Waals surface area contributed by atoms with Gasteiger partial charge in [0.25, 0.3) is 5.24 Å². The molecule has 0 aromatic heterocycles. The number of rotatable bonds is 1. The molecule has 0 aromatic rings. The van der Waals surface area contributed by atoms with E-state index in [-0.39, 0.29) is 17.2 Å². The summed E-state index contributed by atoms with van der Waals surface area (Å²) in [5.41, 5.74) is 0. The molecule has 1 saturated heterocycles. The molecule has 2 amide bonds. The number of piperidine rings is 1. The smallest absolute Gasteiger partial charge is 0.278 e. The third-order valence-corrected chi connectivity index (χ3v) is 2.94. The molecule has 0 aliphatic carbocycles. The highest BCUT2D eigenvalue weighted by atomic mass is 32.2. The van der Waals surface area contributed by atoms with Crippen LogP contribution in [0, 0.1) is 0 Å². The molecule has 0 atom stereocenters. The molecule has 4 nitrogen and oxygen atoms in total. The van der Waals surface area contributed by atoms with Crippen LogP contribution in [-0.2, 0) is 4.79 Å². The summed E-state index contributed by atoms with van der Waals surface area (Å²) in [4.78, 5) is 23.9. The van der Waals surface area contributed by atoms with Crippen LogP contribution in [0.5, 0.6) is 0 Å². The van der Waals surface area contributed by atoms with Crippen molar-refractivity contribution in [1.29, 1.82) is 0 Å². The summed E-state index contributed by atoms with van der Waals surface area (Å²) in [5.74, 6) is 0.125. The molecule has 0 spiro atoms. The summed E-state index contributed by atoms with van der Waals surface area (Å²) in [5, 5.41) is 2.93. The quantitative estimate of drug-likeness (QED) is 0.713. The Kier molecular flexibility index (Phi) is 4.25. The molecule has 0 saturated carbocycles. The van der Waals surface area contributed by atoms with E-state index >= 15 is 0 Å². The van der Waals surface area contributed by atoms with E-state index in [2.05, 4.69) is 5.32 Å². The average Bonchev–Trinajstić information content (AvgIpc) is 2.18. The van der Waals surface area contributed by atoms with E-state index < -0.39 is 0 Å². The van der Waals surface area contributed by atoms with Crippen LogP contribution in [0.3, 0.4) is 0 Å². The molecule has 1 N–H and O–H groups in total. The van der Waals surface area contributed by atoms with Crippen molar-refractivity contribution in [1.82, 2.24) is 10.2 Å². The Labute approximate surface area is 88.4 Å². The topological polar surface area (TPSA) is 49.4 Å². The van der Waals surface area contributed by atoms with Gasteiger partial charge in [-0.05, 0) is 19.1 Å². The van der Waals surface area contributed by atoms with Crippen LogP contribution in [0.15, 0.2) is 0 Å². The summed E-state index contributed by atoms with van der Waals surface area (Å²) in [7, 11) is 0. The lowest BCUT2D eigenvalue weighted by molar-refractivity contribution is -0.129. The minimum absolute atomic E-state index is 0.0197. The third kappa shape index (κ3) is 3.21. The van der Waals surface area contributed by atoms with Gasteiger partial charge in [0.15, 0.2) is 0 Å². The molecule has 1 aliphatic heterocycles. The van der Waals surface area contributed by atoms with Gasteiger partial charge in [0, 0.05) is 26.1 Å². The van der Waals surface area contributed by atoms with Crippen molar-refractivity contribution in [2.45, 2.75) is 25.8 Å². The van der Waals surface area contributed by atoms with Gasteiger partial charge in [-0.25, -0.2) is 0 Å². The molecule has 80 valence electrons. The fraction of sp³-hybridized carbons (Fsp3) is 0.778. The molecular formula is C9H16N2O2S. The predicted octanol–water partition coefficient (Wildman–Crippen LogP) is 1.07. The monoisotopic (exact) mass is 216 g/mol. The van der Waals surface area contributed by atoms with E-state index in [9.17, 15) is 9.59 Å². The van der Waals surface area contributed by atoms with Crippen molar-refractivity contribution in [2.24, 2.45) is 0 Å². The Hall–Kier alpha value is -0.710. The van der Waals surface area contributed by atoms with Gasteiger partial charge in [0.2, 0.25) is 5.91 Å². The second-order valence-electron chi connectivity index (χ2n) is 3.42. The number of likely N-dealkylation sites (tertiary alicyclic amines) is 1. The van der Waals surface area contributed by atoms with Crippen molar-refractivity contribution in [2.75, 3.05) is 19.3 Å². The summed E-state index contributed by atoms with van der Waals surface area (Å²) >= 11 is 1.19. The van der Waals surface area contributed by atoms with E-state index in [1.165, 1.54) is 11.8 Å². The van der Waals surface area contributed by atoms with E-state index in [1.807, 2.05) is 4.90 Å². The Balaban J connectivity index is 2.29. The maximum atomic E-state index is 11.1. The van der Waals surface area contributed by atoms with Gasteiger partial charge < -0.3 is 10.2 Å². The van der Waals surface area contributed by atoms with Crippen LogP contribution in [0.2, 0.25) is 0 Å². The number of carbonyl (C=O) groups excluding carboxylic acids is 2. The van der Waals surface area contributed by atoms with Crippen molar-refractivity contribution >= 4 is 22.9 Å². The van der Waals surface area contributed by atoms with Crippen LogP contribution in [-0.4, -0.2) is 41.4 Å². The minimum atomic E-state index is 0.0197. The van der Waals surface area contributed by atoms with Crippen molar-refractivity contribution < 1.29 is 9.59 Å². The highest BCUT2D eigenvalue weighted by Gasteiger charge is 2.21. The number of nitrogens with one attached hydrogen (secondary N) is 1. The number of thioether (sulfide) groups is 1. The van der Waals surface area contributed by atoms with Crippen LogP contribution in [0.4, 0.5) is 4.79 Å². The molecule has 0 bridgehead atoms. The molecule has 0 unspecified atom stereocenters. The van der Waals surface area contributed by atoms with Gasteiger partial charge in [-0.15, -0.1) is 0 Å². The predicted molar refractivity (Wildman–Crippen MR) is 57.3 cm³/mol. The summed E-state index contributed by atoms with van der Waals surface area (Å²) in [6, 6.07) is 0.241. The lowest BCUT2D eigenvalue weighted by Gasteiger charge is -2.31.